The monoisotopic (exact) mass is 1920 g/mol. The Morgan fingerprint density at radius 1 is 0.380 bits per heavy atom. The number of hydrogen-bond donors (Lipinski definition) is 5. The standard InChI is InChI=1S/C23H25FN4O.C23H24FN3O2.C22H19FN4O.2C22H22FN3O2/c1-27(2)18-9-10-28(14-18)13-15-3-8-19-20(16-4-6-17(24)7-5-16)12-22(23(25)29)26-21(19)11-15;1-14-11-27(12-15(2)29-14)13-16-3-8-19-20(17-4-6-18(24)7-5-17)10-22(23(25)28)26-21(19)9-16;23-16-6-4-15(5-7-16)19-11-21(22(25)28)26-20-10-14(3-8-18(19)20)13-27-9-1-2-17(27)12-24;1-28-17-8-9-26(13-17)12-14-2-7-18-19(15-3-5-16(23)6-4-15)11-21(22(24)27)25-20(18)10-14;1-14-13-28-9-8-26(14)12-15-2-7-18-19(16-3-5-17(23)6-4-16)11-21(22(24)27)25-20(18)10-15/h3-8,11-12,18H,9-10,13-14H2,1-2H3,(H2,25,29);3-10,14-15H,11-13H2,1-2H3,(H2,25,28);3-8,10-11,17H,1-2,9,13H2,(H2,25,28);2-7,10-11,17H,8-9,12-13H2,1H3,(H2,24,27);2-7,10-11,14H,8-9,12-13H2,1H3,(H2,24,27)/t;;2*17-;14-/m..000/s1. The normalized spacial score (nSPS) is 17.9. The second-order valence-electron chi connectivity index (χ2n) is 37.0. The minimum atomic E-state index is -0.611. The number of nitrogens with zero attached hydrogens (tertiary/aromatic N) is 12. The van der Waals surface area contributed by atoms with Crippen LogP contribution in [0.15, 0.2) is 243 Å². The van der Waals surface area contributed by atoms with Gasteiger partial charge in [0, 0.05) is 125 Å². The number of pyridine rings is 5. The van der Waals surface area contributed by atoms with Crippen LogP contribution in [0.5, 0.6) is 0 Å². The van der Waals surface area contributed by atoms with Crippen molar-refractivity contribution < 1.29 is 60.1 Å². The summed E-state index contributed by atoms with van der Waals surface area (Å²) in [5, 5.41) is 13.8. The molecule has 5 aromatic heterocycles. The van der Waals surface area contributed by atoms with E-state index in [4.69, 9.17) is 42.9 Å². The van der Waals surface area contributed by atoms with Gasteiger partial charge in [-0.3, -0.25) is 48.5 Å². The van der Waals surface area contributed by atoms with Crippen molar-refractivity contribution >= 4 is 84.1 Å². The van der Waals surface area contributed by atoms with Crippen molar-refractivity contribution in [2.24, 2.45) is 28.7 Å². The Balaban J connectivity index is 0.000000128. The van der Waals surface area contributed by atoms with Gasteiger partial charge in [-0.05, 0) is 272 Å². The van der Waals surface area contributed by atoms with Gasteiger partial charge >= 0.3 is 0 Å². The third kappa shape index (κ3) is 24.9. The predicted molar refractivity (Wildman–Crippen MR) is 541 cm³/mol. The summed E-state index contributed by atoms with van der Waals surface area (Å²) in [6.07, 6.45) is 4.79. The molecule has 5 aliphatic rings. The lowest BCUT2D eigenvalue weighted by atomic mass is 9.98. The van der Waals surface area contributed by atoms with Crippen molar-refractivity contribution in [3.05, 3.63) is 328 Å². The Morgan fingerprint density at radius 3 is 0.972 bits per heavy atom. The second kappa shape index (κ2) is 45.3. The fourth-order valence-corrected chi connectivity index (χ4v) is 19.2. The van der Waals surface area contributed by atoms with Crippen LogP contribution in [0.2, 0.25) is 0 Å². The van der Waals surface area contributed by atoms with Crippen molar-refractivity contribution in [3.8, 4) is 61.7 Å². The number of methoxy groups -OCH3 is 1. The van der Waals surface area contributed by atoms with Crippen molar-refractivity contribution in [1.29, 1.82) is 5.26 Å². The third-order valence-corrected chi connectivity index (χ3v) is 26.5. The number of halogens is 5. The number of fused-ring (bicyclic) bond motifs is 5. The number of aromatic nitrogens is 5. The number of likely N-dealkylation sites (tertiary alicyclic amines) is 3. The van der Waals surface area contributed by atoms with Crippen molar-refractivity contribution in [2.75, 3.05) is 86.8 Å². The highest BCUT2D eigenvalue weighted by Gasteiger charge is 2.30. The highest BCUT2D eigenvalue weighted by Crippen LogP contribution is 2.38. The molecule has 10 N–H and O–H groups in total. The molecule has 5 saturated heterocycles. The van der Waals surface area contributed by atoms with E-state index in [2.05, 4.69) is 120 Å². The van der Waals surface area contributed by atoms with Gasteiger partial charge in [0.1, 0.15) is 57.6 Å². The molecule has 0 spiro atoms. The Hall–Kier alpha value is -14.6. The number of nitrogens with two attached hydrogens (primary N) is 5. The van der Waals surface area contributed by atoms with E-state index in [0.717, 1.165) is 227 Å². The first-order valence-corrected chi connectivity index (χ1v) is 47.3. The average molecular weight is 1920 g/mol. The smallest absolute Gasteiger partial charge is 0.267 e. The largest absolute Gasteiger partial charge is 0.380 e. The fraction of sp³-hybridized carbons (Fsp3) is 0.277. The molecule has 3 unspecified atom stereocenters. The van der Waals surface area contributed by atoms with Gasteiger partial charge in [-0.1, -0.05) is 121 Å². The molecule has 0 aliphatic carbocycles. The van der Waals surface area contributed by atoms with Gasteiger partial charge in [0.05, 0.1) is 71.2 Å². The lowest BCUT2D eigenvalue weighted by molar-refractivity contribution is -0.0704. The molecular weight excluding hydrogens is 1810 g/mol. The molecule has 20 rings (SSSR count). The van der Waals surface area contributed by atoms with E-state index >= 15 is 0 Å². The SMILES string of the molecule is CC1CN(Cc2ccc3c(-c4ccc(F)cc4)cc(C(N)=O)nc3c2)CC(C)O1.CN(C)C1CCN(Cc2ccc3c(-c4ccc(F)cc4)cc(C(N)=O)nc3c2)C1.CO[C@H]1CCN(Cc2ccc3c(-c4ccc(F)cc4)cc(C(N)=O)nc3c2)C1.C[C@H]1COCCN1Cc1ccc2c(-c3ccc(F)cc3)cc(C(N)=O)nc2c1.N#C[C@@H]1CCCN1Cc1ccc2c(-c3ccc(F)cc3)cc(C(N)=O)nc2c1. The topological polar surface area (TPSA) is 351 Å². The van der Waals surface area contributed by atoms with Crippen LogP contribution in [0.1, 0.15) is 127 Å². The zero-order valence-corrected chi connectivity index (χ0v) is 79.9. The summed E-state index contributed by atoms with van der Waals surface area (Å²) in [4.78, 5) is 95.3. The molecule has 30 heteroatoms. The molecule has 0 bridgehead atoms. The van der Waals surface area contributed by atoms with Crippen LogP contribution in [0.25, 0.3) is 110 Å². The predicted octanol–water partition coefficient (Wildman–Crippen LogP) is 17.4. The van der Waals surface area contributed by atoms with Crippen molar-refractivity contribution in [3.63, 3.8) is 0 Å². The highest BCUT2D eigenvalue weighted by molar-refractivity contribution is 6.06. The molecule has 15 aromatic rings. The number of morpholine rings is 2. The summed E-state index contributed by atoms with van der Waals surface area (Å²) in [5.74, 6) is -4.48. The third-order valence-electron chi connectivity index (χ3n) is 26.5. The minimum Gasteiger partial charge on any atom is -0.380 e. The quantitative estimate of drug-likeness (QED) is 0.0393. The Kier molecular flexibility index (Phi) is 32.0. The van der Waals surface area contributed by atoms with E-state index in [1.165, 1.54) is 67.1 Å². The Bertz CT molecular complexity index is 7200. The summed E-state index contributed by atoms with van der Waals surface area (Å²) in [5.41, 5.74) is 45.5. The maximum absolute atomic E-state index is 13.4. The number of nitriles is 1. The zero-order chi connectivity index (χ0) is 100. The summed E-state index contributed by atoms with van der Waals surface area (Å²) < 4.78 is 83.4. The summed E-state index contributed by atoms with van der Waals surface area (Å²) in [7, 11) is 5.99. The molecule has 728 valence electrons. The van der Waals surface area contributed by atoms with Gasteiger partial charge in [0.15, 0.2) is 0 Å². The zero-order valence-electron chi connectivity index (χ0n) is 79.9. The van der Waals surface area contributed by atoms with Crippen molar-refractivity contribution in [2.45, 2.75) is 116 Å². The second-order valence-corrected chi connectivity index (χ2v) is 37.0. The van der Waals surface area contributed by atoms with Gasteiger partial charge in [0.25, 0.3) is 29.5 Å². The van der Waals surface area contributed by atoms with Crippen LogP contribution in [0, 0.1) is 40.4 Å². The molecule has 5 fully saturated rings. The van der Waals surface area contributed by atoms with Gasteiger partial charge in [0.2, 0.25) is 0 Å². The minimum absolute atomic E-state index is 0.0598. The van der Waals surface area contributed by atoms with Gasteiger partial charge in [-0.2, -0.15) is 5.26 Å². The van der Waals surface area contributed by atoms with Crippen LogP contribution in [-0.4, -0.2) is 207 Å². The lowest BCUT2D eigenvalue weighted by Gasteiger charge is -2.35. The highest BCUT2D eigenvalue weighted by atomic mass is 19.1. The molecule has 25 nitrogen and oxygen atoms in total. The first-order chi connectivity index (χ1) is 68.4. The summed E-state index contributed by atoms with van der Waals surface area (Å²) in [6, 6.07) is 72.7. The number of carbonyl (C=O) groups excluding carboxylic acids is 5. The molecule has 0 saturated carbocycles. The number of carbonyl (C=O) groups is 5. The molecule has 10 aromatic carbocycles. The Labute approximate surface area is 820 Å². The lowest BCUT2D eigenvalue weighted by Crippen LogP contribution is -2.44. The summed E-state index contributed by atoms with van der Waals surface area (Å²) in [6.45, 7) is 19.2. The first-order valence-electron chi connectivity index (χ1n) is 47.3. The van der Waals surface area contributed by atoms with Gasteiger partial charge < -0.3 is 47.8 Å². The van der Waals surface area contributed by atoms with E-state index < -0.39 is 29.5 Å². The number of amides is 5. The molecule has 6 atom stereocenters. The van der Waals surface area contributed by atoms with Gasteiger partial charge in [-0.15, -0.1) is 0 Å². The fourth-order valence-electron chi connectivity index (χ4n) is 19.2. The molecular formula is C112H112F5N17O8. The van der Waals surface area contributed by atoms with Crippen LogP contribution >= 0.6 is 0 Å². The maximum Gasteiger partial charge on any atom is 0.267 e. The average Bonchev–Trinajstić information content (AvgIpc) is 0.981. The molecule has 5 aliphatic heterocycles. The van der Waals surface area contributed by atoms with E-state index in [0.29, 0.717) is 40.7 Å². The van der Waals surface area contributed by atoms with Crippen LogP contribution in [0.4, 0.5) is 22.0 Å². The number of primary amides is 5. The van der Waals surface area contributed by atoms with Gasteiger partial charge in [-0.25, -0.2) is 46.9 Å². The van der Waals surface area contributed by atoms with E-state index in [-0.39, 0.29) is 81.9 Å². The van der Waals surface area contributed by atoms with Crippen LogP contribution in [-0.2, 0) is 46.9 Å². The van der Waals surface area contributed by atoms with E-state index in [1.807, 2.05) is 66.7 Å². The van der Waals surface area contributed by atoms with Crippen molar-refractivity contribution in [1.82, 2.24) is 54.3 Å². The van der Waals surface area contributed by atoms with E-state index in [1.54, 1.807) is 98.1 Å². The molecule has 10 heterocycles. The van der Waals surface area contributed by atoms with E-state index in [9.17, 15) is 51.2 Å². The maximum atomic E-state index is 13.4. The number of ether oxygens (including phenoxy) is 3. The van der Waals surface area contributed by atoms with Crippen LogP contribution in [0.3, 0.4) is 0 Å². The number of likely N-dealkylation sites (N-methyl/N-ethyl adjacent to an activating group) is 1. The molecule has 142 heavy (non-hydrogen) atoms. The number of benzene rings is 10. The number of hydrogen-bond acceptors (Lipinski definition) is 20. The number of rotatable bonds is 22. The molecule has 5 amide bonds. The Morgan fingerprint density at radius 2 is 0.683 bits per heavy atom. The van der Waals surface area contributed by atoms with Crippen LogP contribution < -0.4 is 28.7 Å². The first kappa shape index (κ1) is 100. The summed E-state index contributed by atoms with van der Waals surface area (Å²) >= 11 is 0. The molecule has 0 radical (unpaired) electrons.